The van der Waals surface area contributed by atoms with Crippen LogP contribution in [0, 0.1) is 24.0 Å². The second-order valence-corrected chi connectivity index (χ2v) is 8.45. The molecular weight excluding hydrogens is 436 g/mol. The van der Waals surface area contributed by atoms with Crippen LogP contribution in [0.1, 0.15) is 34.6 Å². The average Bonchev–Trinajstić information content (AvgIpc) is 3.49. The molecule has 0 radical (unpaired) electrons. The number of nitrogens with one attached hydrogen (secondary N) is 2. The fraction of sp³-hybridized carbons (Fsp3) is 0.192. The van der Waals surface area contributed by atoms with Gasteiger partial charge in [-0.3, -0.25) is 10.2 Å². The summed E-state index contributed by atoms with van der Waals surface area (Å²) in [6.45, 7) is 3.36. The van der Waals surface area contributed by atoms with Crippen LogP contribution in [0.5, 0.6) is 0 Å². The summed E-state index contributed by atoms with van der Waals surface area (Å²) < 4.78 is 29.8. The molecule has 1 fully saturated rings. The lowest BCUT2D eigenvalue weighted by Gasteiger charge is -2.19. The van der Waals surface area contributed by atoms with E-state index in [0.29, 0.717) is 22.8 Å². The number of hydrogen-bond donors (Lipinski definition) is 2. The molecule has 1 saturated heterocycles. The van der Waals surface area contributed by atoms with Crippen LogP contribution in [0.2, 0.25) is 0 Å². The van der Waals surface area contributed by atoms with E-state index in [1.807, 2.05) is 11.0 Å². The molecule has 8 heteroatoms. The van der Waals surface area contributed by atoms with Crippen molar-refractivity contribution in [3.8, 4) is 5.69 Å². The van der Waals surface area contributed by atoms with Crippen molar-refractivity contribution < 1.29 is 13.6 Å². The highest BCUT2D eigenvalue weighted by Crippen LogP contribution is 2.23. The molecule has 2 heterocycles. The third kappa shape index (κ3) is 4.14. The number of nitrogens with zero attached hydrogens (tertiary/aromatic N) is 3. The molecule has 3 aromatic carbocycles. The Labute approximate surface area is 195 Å². The van der Waals surface area contributed by atoms with E-state index in [1.165, 1.54) is 28.9 Å². The first kappa shape index (κ1) is 21.8. The summed E-state index contributed by atoms with van der Waals surface area (Å²) in [4.78, 5) is 15.0. The van der Waals surface area contributed by atoms with E-state index in [1.54, 1.807) is 37.3 Å². The number of halogens is 2. The molecule has 0 saturated carbocycles. The van der Waals surface area contributed by atoms with Crippen LogP contribution in [0.15, 0.2) is 60.7 Å². The van der Waals surface area contributed by atoms with E-state index in [9.17, 15) is 13.6 Å². The third-order valence-electron chi connectivity index (χ3n) is 6.01. The predicted octanol–water partition coefficient (Wildman–Crippen LogP) is 5.29. The summed E-state index contributed by atoms with van der Waals surface area (Å²) in [5, 5.41) is 16.9. The van der Waals surface area contributed by atoms with Crippen LogP contribution in [0.4, 0.5) is 14.5 Å². The Bertz CT molecular complexity index is 1420. The first-order valence-electron chi connectivity index (χ1n) is 11.1. The molecule has 0 spiro atoms. The van der Waals surface area contributed by atoms with Gasteiger partial charge in [0.2, 0.25) is 0 Å². The lowest BCUT2D eigenvalue weighted by Crippen LogP contribution is -2.27. The van der Waals surface area contributed by atoms with Crippen LogP contribution in [0.3, 0.4) is 0 Å². The van der Waals surface area contributed by atoms with Gasteiger partial charge in [0.25, 0.3) is 5.91 Å². The van der Waals surface area contributed by atoms with E-state index in [0.717, 1.165) is 36.7 Å². The number of rotatable bonds is 4. The zero-order chi connectivity index (χ0) is 23.8. The van der Waals surface area contributed by atoms with Crippen LogP contribution in [0.25, 0.3) is 16.5 Å². The smallest absolute Gasteiger partial charge is 0.274 e. The number of aryl methyl sites for hydroxylation is 1. The van der Waals surface area contributed by atoms with Gasteiger partial charge in [-0.25, -0.2) is 13.5 Å². The van der Waals surface area contributed by atoms with Crippen molar-refractivity contribution in [3.05, 3.63) is 89.2 Å². The maximum Gasteiger partial charge on any atom is 0.274 e. The molecule has 1 aliphatic rings. The zero-order valence-corrected chi connectivity index (χ0v) is 18.6. The monoisotopic (exact) mass is 459 g/mol. The van der Waals surface area contributed by atoms with Crippen LogP contribution in [-0.4, -0.2) is 39.5 Å². The van der Waals surface area contributed by atoms with E-state index in [-0.39, 0.29) is 17.2 Å². The topological polar surface area (TPSA) is 74.0 Å². The largest absolute Gasteiger partial charge is 0.357 e. The Hall–Kier alpha value is -4.07. The SMILES string of the molecule is Cc1cc(C(=O)Nc2ccc(C(=N)N3CCCC3)cc2F)n(-c2ccc3cc(F)ccc3c2)n1. The number of fused-ring (bicyclic) bond motifs is 1. The van der Waals surface area contributed by atoms with Crippen molar-refractivity contribution in [2.75, 3.05) is 18.4 Å². The van der Waals surface area contributed by atoms with E-state index in [4.69, 9.17) is 5.41 Å². The Morgan fingerprint density at radius 2 is 1.71 bits per heavy atom. The van der Waals surface area contributed by atoms with Crippen molar-refractivity contribution in [1.82, 2.24) is 14.7 Å². The number of anilines is 1. The quantitative estimate of drug-likeness (QED) is 0.322. The molecule has 5 rings (SSSR count). The minimum absolute atomic E-state index is 0.0300. The van der Waals surface area contributed by atoms with E-state index >= 15 is 0 Å². The number of carbonyl (C=O) groups is 1. The lowest BCUT2D eigenvalue weighted by atomic mass is 10.1. The molecule has 0 unspecified atom stereocenters. The van der Waals surface area contributed by atoms with Gasteiger partial charge < -0.3 is 10.2 Å². The van der Waals surface area contributed by atoms with Gasteiger partial charge >= 0.3 is 0 Å². The summed E-state index contributed by atoms with van der Waals surface area (Å²) in [5.74, 6) is -1.15. The molecule has 1 aliphatic heterocycles. The molecule has 1 amide bonds. The highest BCUT2D eigenvalue weighted by molar-refractivity contribution is 6.04. The molecule has 0 atom stereocenters. The first-order valence-corrected chi connectivity index (χ1v) is 11.1. The van der Waals surface area contributed by atoms with Gasteiger partial charge in [0.15, 0.2) is 0 Å². The molecule has 2 N–H and O–H groups in total. The van der Waals surface area contributed by atoms with E-state index < -0.39 is 11.7 Å². The maximum absolute atomic E-state index is 14.8. The van der Waals surface area contributed by atoms with Gasteiger partial charge in [-0.2, -0.15) is 5.10 Å². The molecule has 6 nitrogen and oxygen atoms in total. The van der Waals surface area contributed by atoms with Gasteiger partial charge in [-0.05, 0) is 79.1 Å². The number of hydrogen-bond acceptors (Lipinski definition) is 3. The fourth-order valence-electron chi connectivity index (χ4n) is 4.27. The van der Waals surface area contributed by atoms with Crippen molar-refractivity contribution in [2.45, 2.75) is 19.8 Å². The molecule has 34 heavy (non-hydrogen) atoms. The summed E-state index contributed by atoms with van der Waals surface area (Å²) >= 11 is 0. The molecule has 1 aromatic heterocycles. The Balaban J connectivity index is 1.41. The Morgan fingerprint density at radius 3 is 2.47 bits per heavy atom. The van der Waals surface area contributed by atoms with Crippen LogP contribution < -0.4 is 5.32 Å². The number of aromatic nitrogens is 2. The van der Waals surface area contributed by atoms with Crippen molar-refractivity contribution in [2.24, 2.45) is 0 Å². The highest BCUT2D eigenvalue weighted by atomic mass is 19.1. The molecule has 0 aliphatic carbocycles. The van der Waals surface area contributed by atoms with Crippen molar-refractivity contribution in [1.29, 1.82) is 5.41 Å². The third-order valence-corrected chi connectivity index (χ3v) is 6.01. The number of likely N-dealkylation sites (tertiary alicyclic amines) is 1. The van der Waals surface area contributed by atoms with Crippen LogP contribution >= 0.6 is 0 Å². The molecule has 4 aromatic rings. The maximum atomic E-state index is 14.8. The van der Waals surface area contributed by atoms with Gasteiger partial charge in [-0.1, -0.05) is 12.1 Å². The second-order valence-electron chi connectivity index (χ2n) is 8.45. The summed E-state index contributed by atoms with van der Waals surface area (Å²) in [6, 6.07) is 15.8. The number of amidine groups is 1. The first-order chi connectivity index (χ1) is 16.4. The minimum atomic E-state index is -0.606. The van der Waals surface area contributed by atoms with Crippen molar-refractivity contribution >= 4 is 28.2 Å². The molecular formula is C26H23F2N5O. The normalized spacial score (nSPS) is 13.4. The van der Waals surface area contributed by atoms with Crippen LogP contribution in [-0.2, 0) is 0 Å². The molecule has 172 valence electrons. The summed E-state index contributed by atoms with van der Waals surface area (Å²) in [6.07, 6.45) is 2.06. The van der Waals surface area contributed by atoms with E-state index in [2.05, 4.69) is 10.4 Å². The van der Waals surface area contributed by atoms with Gasteiger partial charge in [0.1, 0.15) is 23.2 Å². The Morgan fingerprint density at radius 1 is 0.971 bits per heavy atom. The van der Waals surface area contributed by atoms with Gasteiger partial charge in [-0.15, -0.1) is 0 Å². The minimum Gasteiger partial charge on any atom is -0.357 e. The molecule has 0 bridgehead atoms. The average molecular weight is 460 g/mol. The fourth-order valence-corrected chi connectivity index (χ4v) is 4.27. The number of carbonyl (C=O) groups excluding carboxylic acids is 1. The van der Waals surface area contributed by atoms with Crippen molar-refractivity contribution in [3.63, 3.8) is 0 Å². The second kappa shape index (κ2) is 8.70. The highest BCUT2D eigenvalue weighted by Gasteiger charge is 2.20. The van der Waals surface area contributed by atoms with Gasteiger partial charge in [0, 0.05) is 18.7 Å². The standard InChI is InChI=1S/C26H23F2N5O/c1-16-12-24(33(31-16)21-8-5-17-13-20(27)7-4-18(17)14-21)26(34)30-23-9-6-19(15-22(23)28)25(29)32-10-2-3-11-32/h4-9,12-15,29H,2-3,10-11H2,1H3,(H,30,34). The summed E-state index contributed by atoms with van der Waals surface area (Å²) in [7, 11) is 0. The lowest BCUT2D eigenvalue weighted by molar-refractivity contribution is 0.101. The summed E-state index contributed by atoms with van der Waals surface area (Å²) in [5.41, 5.74) is 2.01. The Kier molecular flexibility index (Phi) is 5.57. The van der Waals surface area contributed by atoms with Gasteiger partial charge in [0.05, 0.1) is 17.1 Å². The predicted molar refractivity (Wildman–Crippen MR) is 128 cm³/mol. The number of benzene rings is 3. The number of amides is 1. The zero-order valence-electron chi connectivity index (χ0n) is 18.6.